The molecule has 0 atom stereocenters. The first-order chi connectivity index (χ1) is 36.8. The molecule has 0 radical (unpaired) electrons. The van der Waals surface area contributed by atoms with Gasteiger partial charge in [-0.1, -0.05) is 171 Å². The Balaban J connectivity index is 1.13. The van der Waals surface area contributed by atoms with E-state index in [1.165, 1.54) is 179 Å². The highest BCUT2D eigenvalue weighted by Gasteiger charge is 2.52. The van der Waals surface area contributed by atoms with Gasteiger partial charge in [-0.3, -0.25) is 0 Å². The van der Waals surface area contributed by atoms with Gasteiger partial charge in [0.25, 0.3) is 0 Å². The molecule has 0 bridgehead atoms. The second-order valence-corrected chi connectivity index (χ2v) is 30.9. The highest BCUT2D eigenvalue weighted by Crippen LogP contribution is 2.62. The molecule has 388 valence electrons. The van der Waals surface area contributed by atoms with Gasteiger partial charge in [-0.05, 0) is 196 Å². The lowest BCUT2D eigenvalue weighted by atomic mass is 9.43. The van der Waals surface area contributed by atoms with Crippen LogP contribution in [0.2, 0.25) is 0 Å². The molecule has 0 fully saturated rings. The quantitative estimate of drug-likeness (QED) is 0.149. The second-order valence-electron chi connectivity index (χ2n) is 29.8. The molecule has 0 saturated carbocycles. The Morgan fingerprint density at radius 3 is 1.65 bits per heavy atom. The fourth-order valence-electron chi connectivity index (χ4n) is 16.8. The van der Waals surface area contributed by atoms with E-state index in [-0.39, 0.29) is 44.8 Å². The van der Waals surface area contributed by atoms with E-state index in [1.807, 2.05) is 11.3 Å². The van der Waals surface area contributed by atoms with Crippen molar-refractivity contribution >= 4 is 82.5 Å². The zero-order chi connectivity index (χ0) is 54.1. The lowest BCUT2D eigenvalue weighted by Crippen LogP contribution is -2.61. The largest absolute Gasteiger partial charge is 0.376 e. The number of benzene rings is 8. The molecule has 16 rings (SSSR count). The van der Waals surface area contributed by atoms with Crippen LogP contribution in [0.15, 0.2) is 121 Å². The van der Waals surface area contributed by atoms with Crippen LogP contribution in [0.4, 0.5) is 11.4 Å². The first-order valence-corrected chi connectivity index (χ1v) is 30.2. The molecule has 10 aromatic rings. The number of hydrogen-bond acceptors (Lipinski definition) is 2. The number of rotatable bonds is 1. The molecule has 2 aromatic heterocycles. The Bertz CT molecular complexity index is 4420. The normalized spacial score (nSPS) is 19.6. The van der Waals surface area contributed by atoms with Gasteiger partial charge in [-0.2, -0.15) is 0 Å². The number of thiophene rings is 1. The Hall–Kier alpha value is -6.36. The highest BCUT2D eigenvalue weighted by atomic mass is 32.1. The summed E-state index contributed by atoms with van der Waals surface area (Å²) in [5, 5.41) is 5.63. The van der Waals surface area contributed by atoms with E-state index in [2.05, 4.69) is 235 Å². The number of anilines is 2. The van der Waals surface area contributed by atoms with Gasteiger partial charge in [-0.25, -0.2) is 0 Å². The zero-order valence-electron chi connectivity index (χ0n) is 48.8. The minimum atomic E-state index is -0.262. The van der Waals surface area contributed by atoms with Crippen molar-refractivity contribution in [2.75, 3.05) is 4.81 Å². The Morgan fingerprint density at radius 2 is 1.01 bits per heavy atom. The molecule has 0 amide bonds. The maximum atomic E-state index is 2.83. The average molecular weight is 1030 g/mol. The van der Waals surface area contributed by atoms with E-state index in [0.29, 0.717) is 0 Å². The van der Waals surface area contributed by atoms with Crippen molar-refractivity contribution in [2.24, 2.45) is 0 Å². The molecule has 4 heteroatoms. The molecule has 4 aliphatic carbocycles. The van der Waals surface area contributed by atoms with E-state index in [4.69, 9.17) is 0 Å². The molecule has 0 N–H and O–H groups in total. The van der Waals surface area contributed by atoms with E-state index in [0.717, 1.165) is 0 Å². The Morgan fingerprint density at radius 1 is 0.462 bits per heavy atom. The average Bonchev–Trinajstić information content (AvgIpc) is 3.06. The topological polar surface area (TPSA) is 8.17 Å². The molecule has 0 unspecified atom stereocenters. The summed E-state index contributed by atoms with van der Waals surface area (Å²) in [5.41, 5.74) is 31.0. The van der Waals surface area contributed by atoms with Gasteiger partial charge in [0, 0.05) is 64.4 Å². The zero-order valence-corrected chi connectivity index (χ0v) is 49.6. The van der Waals surface area contributed by atoms with Crippen molar-refractivity contribution in [3.8, 4) is 39.1 Å². The maximum Gasteiger partial charge on any atom is 0.333 e. The van der Waals surface area contributed by atoms with Crippen LogP contribution in [0.5, 0.6) is 0 Å². The number of hydrogen-bond donors (Lipinski definition) is 0. The number of nitrogens with zero attached hydrogens (tertiary/aromatic N) is 2. The van der Waals surface area contributed by atoms with E-state index in [9.17, 15) is 0 Å². The summed E-state index contributed by atoms with van der Waals surface area (Å²) in [6.07, 6.45) is 4.76. The first kappa shape index (κ1) is 47.6. The van der Waals surface area contributed by atoms with Crippen LogP contribution in [0.25, 0.3) is 81.0 Å². The summed E-state index contributed by atoms with van der Waals surface area (Å²) in [6, 6.07) is 49.9. The minimum Gasteiger partial charge on any atom is -0.376 e. The minimum absolute atomic E-state index is 0.0168. The number of fused-ring (bicyclic) bond motifs is 21. The third-order valence-corrected chi connectivity index (χ3v) is 22.7. The van der Waals surface area contributed by atoms with Crippen LogP contribution in [0.3, 0.4) is 0 Å². The van der Waals surface area contributed by atoms with Crippen molar-refractivity contribution in [2.45, 2.75) is 167 Å². The van der Waals surface area contributed by atoms with Crippen LogP contribution < -0.4 is 15.7 Å². The fraction of sp³-hybridized carbons (Fsp3) is 0.351. The number of aromatic nitrogens is 1. The Kier molecular flexibility index (Phi) is 8.86. The van der Waals surface area contributed by atoms with Crippen LogP contribution in [-0.2, 0) is 37.9 Å². The lowest BCUT2D eigenvalue weighted by molar-refractivity contribution is 0.332. The van der Waals surface area contributed by atoms with E-state index in [1.54, 1.807) is 0 Å². The molecule has 2 nitrogen and oxygen atoms in total. The van der Waals surface area contributed by atoms with Gasteiger partial charge < -0.3 is 9.38 Å². The summed E-state index contributed by atoms with van der Waals surface area (Å²) in [7, 11) is 0. The first-order valence-electron chi connectivity index (χ1n) is 29.4. The SMILES string of the molecule is CC(C)(C)c1ccc(N2B3c4cc5c(cc4-n4c6cc7c(cc6c6c8c(c(c3c64)-c3cc4sc6cc9c(cc6c4cc32)C(C)(C)CCC9(C)C)-c2ccccc2C8(C)C)C(C)(C)CCC7(C)C)-c2ccccc2C5(C)C)cc1. The van der Waals surface area contributed by atoms with Crippen molar-refractivity contribution in [1.29, 1.82) is 0 Å². The molecule has 0 spiro atoms. The van der Waals surface area contributed by atoms with Gasteiger partial charge in [0.15, 0.2) is 0 Å². The van der Waals surface area contributed by atoms with Crippen LogP contribution in [-0.4, -0.2) is 11.4 Å². The fourth-order valence-corrected chi connectivity index (χ4v) is 18.0. The third kappa shape index (κ3) is 5.81. The smallest absolute Gasteiger partial charge is 0.333 e. The molecular formula is C74H73BN2S. The van der Waals surface area contributed by atoms with Crippen molar-refractivity contribution < 1.29 is 0 Å². The van der Waals surface area contributed by atoms with Crippen LogP contribution in [0, 0.1) is 0 Å². The predicted molar refractivity (Wildman–Crippen MR) is 337 cm³/mol. The van der Waals surface area contributed by atoms with Gasteiger partial charge in [0.05, 0.1) is 11.0 Å². The molecule has 4 heterocycles. The summed E-state index contributed by atoms with van der Waals surface area (Å²) in [5.74, 6) is 0. The molecule has 78 heavy (non-hydrogen) atoms. The van der Waals surface area contributed by atoms with E-state index >= 15 is 0 Å². The van der Waals surface area contributed by atoms with Crippen LogP contribution in [0.1, 0.15) is 180 Å². The van der Waals surface area contributed by atoms with Gasteiger partial charge in [-0.15, -0.1) is 11.3 Å². The Labute approximate surface area is 467 Å². The molecular weight excluding hydrogens is 960 g/mol. The standard InChI is InChI=1S/C74H73BN2S/c1-68(2,3)40-24-26-41(27-25-40)77-58-35-46-45-32-52-55(72(10,11)31-29-69(52,4)5)39-61(45)78-60(46)36-48(58)63-62-43-21-17-19-23-50(43)74(14,15)65(62)64-47-33-53-54(71(8,9)30-28-70(53,6)7)38-57(47)76-59-34-44-42-20-16-18-22-49(42)73(12,13)51(44)37-56(59)75(77)66(63)67(64)76/h16-27,32-39H,28-31H2,1-15H3. The maximum absolute atomic E-state index is 2.83. The molecule has 0 saturated heterocycles. The van der Waals surface area contributed by atoms with E-state index < -0.39 is 0 Å². The summed E-state index contributed by atoms with van der Waals surface area (Å²) in [6.45, 7) is 36.9. The molecule has 2 aliphatic heterocycles. The highest BCUT2D eigenvalue weighted by molar-refractivity contribution is 7.25. The van der Waals surface area contributed by atoms with Crippen molar-refractivity contribution in [3.63, 3.8) is 0 Å². The monoisotopic (exact) mass is 1030 g/mol. The van der Waals surface area contributed by atoms with Crippen LogP contribution >= 0.6 is 11.3 Å². The predicted octanol–water partition coefficient (Wildman–Crippen LogP) is 19.0. The molecule has 6 aliphatic rings. The summed E-state index contributed by atoms with van der Waals surface area (Å²) < 4.78 is 5.60. The van der Waals surface area contributed by atoms with Gasteiger partial charge >= 0.3 is 6.85 Å². The van der Waals surface area contributed by atoms with Gasteiger partial charge in [0.1, 0.15) is 0 Å². The summed E-state index contributed by atoms with van der Waals surface area (Å²) in [4.78, 5) is 2.83. The summed E-state index contributed by atoms with van der Waals surface area (Å²) >= 11 is 2.01. The second kappa shape index (κ2) is 14.5. The van der Waals surface area contributed by atoms with Crippen molar-refractivity contribution in [3.05, 3.63) is 171 Å². The lowest BCUT2D eigenvalue weighted by Gasteiger charge is -2.43. The third-order valence-electron chi connectivity index (χ3n) is 21.6. The van der Waals surface area contributed by atoms with Gasteiger partial charge in [0.2, 0.25) is 0 Å². The van der Waals surface area contributed by atoms with Crippen molar-refractivity contribution in [1.82, 2.24) is 4.57 Å². The molecule has 8 aromatic carbocycles.